The number of benzene rings is 3. The first-order chi connectivity index (χ1) is 18.4. The van der Waals surface area contributed by atoms with Crippen molar-refractivity contribution in [1.29, 1.82) is 0 Å². The van der Waals surface area contributed by atoms with E-state index in [1.165, 1.54) is 16.1 Å². The average molecular weight is 548 g/mol. The molecule has 4 aromatic rings. The number of carbonyl (C=O) groups is 1. The van der Waals surface area contributed by atoms with Crippen molar-refractivity contribution in [2.24, 2.45) is 0 Å². The SMILES string of the molecule is CN(Cc1ccccc1)C(=O)CSc1nnc(-c2cccc(S(=O)(=O)N3CCCC3)c2)n1-c1ccccc1. The second kappa shape index (κ2) is 11.5. The van der Waals surface area contributed by atoms with Gasteiger partial charge in [-0.05, 0) is 42.7 Å². The number of thioether (sulfide) groups is 1. The molecule has 2 heterocycles. The Kier molecular flexibility index (Phi) is 7.92. The maximum absolute atomic E-state index is 13.2. The van der Waals surface area contributed by atoms with Crippen molar-refractivity contribution >= 4 is 27.7 Å². The lowest BCUT2D eigenvalue weighted by Crippen LogP contribution is -2.27. The first kappa shape index (κ1) is 26.1. The number of para-hydroxylation sites is 1. The van der Waals surface area contributed by atoms with Crippen molar-refractivity contribution in [1.82, 2.24) is 24.0 Å². The molecule has 0 saturated carbocycles. The van der Waals surface area contributed by atoms with E-state index in [0.717, 1.165) is 24.1 Å². The predicted molar refractivity (Wildman–Crippen MR) is 148 cm³/mol. The van der Waals surface area contributed by atoms with Crippen LogP contribution in [0.25, 0.3) is 17.1 Å². The summed E-state index contributed by atoms with van der Waals surface area (Å²) in [7, 11) is -1.79. The lowest BCUT2D eigenvalue weighted by Gasteiger charge is -2.17. The molecule has 1 fully saturated rings. The molecule has 0 radical (unpaired) electrons. The van der Waals surface area contributed by atoms with Gasteiger partial charge in [0.2, 0.25) is 15.9 Å². The monoisotopic (exact) mass is 547 g/mol. The molecule has 196 valence electrons. The molecule has 10 heteroatoms. The van der Waals surface area contributed by atoms with E-state index in [9.17, 15) is 13.2 Å². The van der Waals surface area contributed by atoms with Crippen molar-refractivity contribution in [3.63, 3.8) is 0 Å². The van der Waals surface area contributed by atoms with Crippen LogP contribution in [-0.2, 0) is 21.4 Å². The Hall–Kier alpha value is -3.47. The third-order valence-electron chi connectivity index (χ3n) is 6.46. The summed E-state index contributed by atoms with van der Waals surface area (Å²) in [5.41, 5.74) is 2.53. The van der Waals surface area contributed by atoms with Gasteiger partial charge in [-0.2, -0.15) is 4.31 Å². The number of hydrogen-bond acceptors (Lipinski definition) is 6. The van der Waals surface area contributed by atoms with Gasteiger partial charge < -0.3 is 4.90 Å². The van der Waals surface area contributed by atoms with Crippen LogP contribution in [0, 0.1) is 0 Å². The number of hydrogen-bond donors (Lipinski definition) is 0. The summed E-state index contributed by atoms with van der Waals surface area (Å²) in [4.78, 5) is 14.8. The van der Waals surface area contributed by atoms with Crippen LogP contribution in [0.4, 0.5) is 0 Å². The van der Waals surface area contributed by atoms with Crippen molar-refractivity contribution < 1.29 is 13.2 Å². The molecule has 3 aromatic carbocycles. The van der Waals surface area contributed by atoms with Crippen molar-refractivity contribution in [3.8, 4) is 17.1 Å². The number of carbonyl (C=O) groups excluding carboxylic acids is 1. The van der Waals surface area contributed by atoms with Gasteiger partial charge in [-0.25, -0.2) is 8.42 Å². The second-order valence-electron chi connectivity index (χ2n) is 9.14. The smallest absolute Gasteiger partial charge is 0.243 e. The highest BCUT2D eigenvalue weighted by Gasteiger charge is 2.28. The van der Waals surface area contributed by atoms with E-state index in [2.05, 4.69) is 10.2 Å². The van der Waals surface area contributed by atoms with E-state index >= 15 is 0 Å². The largest absolute Gasteiger partial charge is 0.341 e. The van der Waals surface area contributed by atoms with Crippen LogP contribution in [0.3, 0.4) is 0 Å². The van der Waals surface area contributed by atoms with Gasteiger partial charge in [-0.15, -0.1) is 10.2 Å². The summed E-state index contributed by atoms with van der Waals surface area (Å²) in [6, 6.07) is 26.3. The zero-order chi connectivity index (χ0) is 26.5. The van der Waals surface area contributed by atoms with E-state index in [-0.39, 0.29) is 16.6 Å². The van der Waals surface area contributed by atoms with Crippen molar-refractivity contribution in [3.05, 3.63) is 90.5 Å². The molecule has 0 aliphatic carbocycles. The fourth-order valence-electron chi connectivity index (χ4n) is 4.42. The average Bonchev–Trinajstić information content (AvgIpc) is 3.64. The standard InChI is InChI=1S/C28H29N5O3S2/c1-31(20-22-11-4-2-5-12-22)26(34)21-37-28-30-29-27(33(28)24-14-6-3-7-15-24)23-13-10-16-25(19-23)38(35,36)32-17-8-9-18-32/h2-7,10-16,19H,8-9,17-18,20-21H2,1H3. The van der Waals surface area contributed by atoms with Crippen molar-refractivity contribution in [2.45, 2.75) is 29.4 Å². The minimum absolute atomic E-state index is 0.0262. The first-order valence-corrected chi connectivity index (χ1v) is 14.9. The highest BCUT2D eigenvalue weighted by atomic mass is 32.2. The Morgan fingerprint density at radius 2 is 1.61 bits per heavy atom. The summed E-state index contributed by atoms with van der Waals surface area (Å²) in [5, 5.41) is 9.39. The lowest BCUT2D eigenvalue weighted by atomic mass is 10.2. The zero-order valence-electron chi connectivity index (χ0n) is 21.1. The van der Waals surface area contributed by atoms with E-state index < -0.39 is 10.0 Å². The van der Waals surface area contributed by atoms with E-state index in [4.69, 9.17) is 0 Å². The van der Waals surface area contributed by atoms with E-state index in [1.54, 1.807) is 30.1 Å². The fourth-order valence-corrected chi connectivity index (χ4v) is 6.87. The normalized spacial score (nSPS) is 14.0. The molecule has 0 unspecified atom stereocenters. The third-order valence-corrected chi connectivity index (χ3v) is 9.26. The number of nitrogens with zero attached hydrogens (tertiary/aromatic N) is 5. The topological polar surface area (TPSA) is 88.4 Å². The molecule has 5 rings (SSSR count). The molecule has 0 bridgehead atoms. The molecule has 0 atom stereocenters. The minimum Gasteiger partial charge on any atom is -0.341 e. The van der Waals surface area contributed by atoms with Crippen LogP contribution >= 0.6 is 11.8 Å². The maximum atomic E-state index is 13.2. The van der Waals surface area contributed by atoms with Crippen LogP contribution in [0.15, 0.2) is 95.0 Å². The van der Waals surface area contributed by atoms with Gasteiger partial charge in [0, 0.05) is 37.9 Å². The van der Waals surface area contributed by atoms with Gasteiger partial charge in [0.15, 0.2) is 11.0 Å². The van der Waals surface area contributed by atoms with Crippen molar-refractivity contribution in [2.75, 3.05) is 25.9 Å². The van der Waals surface area contributed by atoms with Gasteiger partial charge >= 0.3 is 0 Å². The Balaban J connectivity index is 1.42. The maximum Gasteiger partial charge on any atom is 0.243 e. The van der Waals surface area contributed by atoms with Crippen LogP contribution < -0.4 is 0 Å². The second-order valence-corrected chi connectivity index (χ2v) is 12.0. The van der Waals surface area contributed by atoms with Crippen LogP contribution in [0.2, 0.25) is 0 Å². The molecule has 0 N–H and O–H groups in total. The van der Waals surface area contributed by atoms with Gasteiger partial charge in [0.25, 0.3) is 0 Å². The molecular weight excluding hydrogens is 518 g/mol. The highest BCUT2D eigenvalue weighted by molar-refractivity contribution is 7.99. The Bertz CT molecular complexity index is 1500. The fraction of sp³-hybridized carbons (Fsp3) is 0.250. The highest BCUT2D eigenvalue weighted by Crippen LogP contribution is 2.30. The molecule has 8 nitrogen and oxygen atoms in total. The Morgan fingerprint density at radius 3 is 2.32 bits per heavy atom. The molecule has 0 spiro atoms. The van der Waals surface area contributed by atoms with Gasteiger partial charge in [0.05, 0.1) is 10.6 Å². The molecule has 1 aromatic heterocycles. The number of sulfonamides is 1. The summed E-state index contributed by atoms with van der Waals surface area (Å²) < 4.78 is 29.8. The molecule has 1 aliphatic heterocycles. The summed E-state index contributed by atoms with van der Waals surface area (Å²) in [6.45, 7) is 1.61. The summed E-state index contributed by atoms with van der Waals surface area (Å²) >= 11 is 1.31. The molecule has 1 amide bonds. The van der Waals surface area contributed by atoms with E-state index in [1.807, 2.05) is 71.3 Å². The molecule has 1 aliphatic rings. The number of amides is 1. The lowest BCUT2D eigenvalue weighted by molar-refractivity contribution is -0.127. The third kappa shape index (κ3) is 5.67. The van der Waals surface area contributed by atoms with Crippen LogP contribution in [0.5, 0.6) is 0 Å². The number of rotatable bonds is 9. The van der Waals surface area contributed by atoms with Crippen LogP contribution in [0.1, 0.15) is 18.4 Å². The Morgan fingerprint density at radius 1 is 0.921 bits per heavy atom. The predicted octanol–water partition coefficient (Wildman–Crippen LogP) is 4.47. The molecular formula is C28H29N5O3S2. The van der Waals surface area contributed by atoms with Gasteiger partial charge in [0.1, 0.15) is 0 Å². The zero-order valence-corrected chi connectivity index (χ0v) is 22.7. The minimum atomic E-state index is -3.58. The molecule has 38 heavy (non-hydrogen) atoms. The number of aromatic nitrogens is 3. The van der Waals surface area contributed by atoms with Gasteiger partial charge in [-0.1, -0.05) is 72.4 Å². The van der Waals surface area contributed by atoms with E-state index in [0.29, 0.717) is 36.2 Å². The van der Waals surface area contributed by atoms with Gasteiger partial charge in [-0.3, -0.25) is 9.36 Å². The Labute approximate surface area is 227 Å². The summed E-state index contributed by atoms with van der Waals surface area (Å²) in [5.74, 6) is 0.682. The summed E-state index contributed by atoms with van der Waals surface area (Å²) in [6.07, 6.45) is 1.75. The molecule has 1 saturated heterocycles. The van der Waals surface area contributed by atoms with Crippen LogP contribution in [-0.4, -0.2) is 64.2 Å². The first-order valence-electron chi connectivity index (χ1n) is 12.5. The quantitative estimate of drug-likeness (QED) is 0.287.